The number of halogens is 3. The number of hydrogen-bond acceptors (Lipinski definition) is 7. The molecule has 1 fully saturated rings. The van der Waals surface area contributed by atoms with Crippen molar-refractivity contribution in [2.75, 3.05) is 6.54 Å². The van der Waals surface area contributed by atoms with Crippen molar-refractivity contribution in [1.82, 2.24) is 25.4 Å². The molecule has 0 spiro atoms. The lowest BCUT2D eigenvalue weighted by molar-refractivity contribution is 0.0776. The minimum Gasteiger partial charge on any atom is -0.420 e. The molecule has 0 radical (unpaired) electrons. The number of nitrogens with one attached hydrogen (secondary N) is 1. The fraction of sp³-hybridized carbons (Fsp3) is 0.286. The monoisotopic (exact) mass is 657 g/mol. The minimum atomic E-state index is -0.990. The summed E-state index contributed by atoms with van der Waals surface area (Å²) < 4.78 is 46.9. The van der Waals surface area contributed by atoms with Gasteiger partial charge >= 0.3 is 0 Å². The summed E-state index contributed by atoms with van der Waals surface area (Å²) in [4.78, 5) is 35.2. The van der Waals surface area contributed by atoms with Crippen LogP contribution >= 0.6 is 11.3 Å². The molecular weight excluding hydrogens is 627 g/mol. The fourth-order valence-corrected chi connectivity index (χ4v) is 7.18. The number of aromatic nitrogens is 3. The molecule has 8 nitrogen and oxygen atoms in total. The third-order valence-electron chi connectivity index (χ3n) is 8.57. The van der Waals surface area contributed by atoms with Crippen molar-refractivity contribution in [2.45, 2.75) is 58.0 Å². The largest absolute Gasteiger partial charge is 0.420 e. The Hall–Kier alpha value is -4.84. The van der Waals surface area contributed by atoms with Gasteiger partial charge in [0.15, 0.2) is 11.6 Å². The highest BCUT2D eigenvalue weighted by Gasteiger charge is 2.45. The van der Waals surface area contributed by atoms with Crippen molar-refractivity contribution in [3.8, 4) is 21.9 Å². The Bertz CT molecular complexity index is 2010. The second kappa shape index (κ2) is 12.4. The van der Waals surface area contributed by atoms with Crippen LogP contribution in [0.5, 0.6) is 0 Å². The molecule has 240 valence electrons. The summed E-state index contributed by atoms with van der Waals surface area (Å²) >= 11 is 1.20. The van der Waals surface area contributed by atoms with Crippen LogP contribution in [-0.2, 0) is 19.4 Å². The molecule has 7 rings (SSSR count). The number of pyridine rings is 1. The number of amides is 2. The van der Waals surface area contributed by atoms with Crippen LogP contribution in [0, 0.1) is 17.5 Å². The van der Waals surface area contributed by atoms with E-state index in [0.29, 0.717) is 68.7 Å². The fourth-order valence-electron chi connectivity index (χ4n) is 6.20. The molecule has 1 N–H and O–H groups in total. The number of benzene rings is 2. The van der Waals surface area contributed by atoms with Crippen LogP contribution in [0.3, 0.4) is 0 Å². The molecule has 3 aromatic heterocycles. The first kappa shape index (κ1) is 30.8. The number of thiophene rings is 1. The maximum atomic E-state index is 14.0. The van der Waals surface area contributed by atoms with Gasteiger partial charge in [0.1, 0.15) is 5.82 Å². The van der Waals surface area contributed by atoms with Gasteiger partial charge < -0.3 is 14.6 Å². The van der Waals surface area contributed by atoms with Crippen molar-refractivity contribution < 1.29 is 27.2 Å². The Morgan fingerprint density at radius 2 is 1.77 bits per heavy atom. The van der Waals surface area contributed by atoms with Crippen LogP contribution in [0.15, 0.2) is 59.0 Å². The topological polar surface area (TPSA) is 101 Å². The molecule has 5 heterocycles. The van der Waals surface area contributed by atoms with E-state index < -0.39 is 17.5 Å². The van der Waals surface area contributed by atoms with E-state index in [2.05, 4.69) is 15.5 Å². The number of nitrogens with zero attached hydrogens (tertiary/aromatic N) is 4. The normalized spacial score (nSPS) is 15.4. The van der Waals surface area contributed by atoms with E-state index in [4.69, 9.17) is 9.40 Å². The van der Waals surface area contributed by atoms with E-state index in [9.17, 15) is 22.8 Å². The predicted molar refractivity (Wildman–Crippen MR) is 169 cm³/mol. The number of aryl methyl sites for hydroxylation is 2. The smallest absolute Gasteiger partial charge is 0.261 e. The predicted octanol–water partition coefficient (Wildman–Crippen LogP) is 7.41. The Morgan fingerprint density at radius 3 is 2.51 bits per heavy atom. The van der Waals surface area contributed by atoms with E-state index in [-0.39, 0.29) is 36.1 Å². The number of hydrogen-bond donors (Lipinski definition) is 1. The van der Waals surface area contributed by atoms with Crippen LogP contribution in [0.4, 0.5) is 13.2 Å². The van der Waals surface area contributed by atoms with Crippen molar-refractivity contribution in [1.29, 1.82) is 0 Å². The molecule has 0 unspecified atom stereocenters. The number of fused-ring (bicyclic) bond motifs is 3. The van der Waals surface area contributed by atoms with E-state index in [1.54, 1.807) is 24.3 Å². The first-order valence-corrected chi connectivity index (χ1v) is 16.3. The maximum absolute atomic E-state index is 14.0. The molecule has 2 aliphatic rings. The van der Waals surface area contributed by atoms with Gasteiger partial charge in [-0.3, -0.25) is 14.6 Å². The molecule has 2 aliphatic heterocycles. The lowest BCUT2D eigenvalue weighted by Gasteiger charge is -2.16. The molecule has 5 aromatic rings. The lowest BCUT2D eigenvalue weighted by atomic mass is 9.93. The van der Waals surface area contributed by atoms with Gasteiger partial charge in [-0.2, -0.15) is 0 Å². The summed E-state index contributed by atoms with van der Waals surface area (Å²) in [5, 5.41) is 11.4. The van der Waals surface area contributed by atoms with Crippen LogP contribution in [0.25, 0.3) is 21.9 Å². The van der Waals surface area contributed by atoms with E-state index in [1.165, 1.54) is 29.5 Å². The van der Waals surface area contributed by atoms with Crippen molar-refractivity contribution in [3.05, 3.63) is 111 Å². The molecule has 1 saturated heterocycles. The van der Waals surface area contributed by atoms with Gasteiger partial charge in [0.25, 0.3) is 11.8 Å². The second-order valence-electron chi connectivity index (χ2n) is 12.0. The molecule has 0 aliphatic carbocycles. The van der Waals surface area contributed by atoms with E-state index in [1.807, 2.05) is 18.7 Å². The third kappa shape index (κ3) is 5.82. The summed E-state index contributed by atoms with van der Waals surface area (Å²) in [7, 11) is 0. The highest BCUT2D eigenvalue weighted by molar-refractivity contribution is 7.17. The SMILES string of the molecule is CC(C)c1nnc(-c2c(CCc3ccc(F)cc3)nc3c(c2-c2ccc(C(=O)NCc4ccc(F)c(F)c4)s2)C(=O)N2CCC[C@@H]32)o1. The molecule has 0 bridgehead atoms. The summed E-state index contributed by atoms with van der Waals surface area (Å²) in [6, 6.07) is 13.1. The third-order valence-corrected chi connectivity index (χ3v) is 9.67. The van der Waals surface area contributed by atoms with Crippen molar-refractivity contribution >= 4 is 23.2 Å². The average Bonchev–Trinajstić information content (AvgIpc) is 3.87. The van der Waals surface area contributed by atoms with Gasteiger partial charge in [0.2, 0.25) is 11.8 Å². The van der Waals surface area contributed by atoms with Crippen LogP contribution in [0.2, 0.25) is 0 Å². The van der Waals surface area contributed by atoms with Gasteiger partial charge in [-0.1, -0.05) is 32.0 Å². The standard InChI is InChI=1S/C35H30F3N5O3S/c1-18(2)33-41-42-34(46-33)28-24(12-8-19-5-9-21(36)10-6-19)40-31-25-4-3-15-43(25)35(45)30(31)29(28)26-13-14-27(47-26)32(44)39-17-20-7-11-22(37)23(38)16-20/h5-7,9-11,13-14,16,18,25H,3-4,8,12,15,17H2,1-2H3,(H,39,44)/t25-/m0/s1. The highest BCUT2D eigenvalue weighted by Crippen LogP contribution is 2.49. The van der Waals surface area contributed by atoms with Gasteiger partial charge in [-0.25, -0.2) is 13.2 Å². The summed E-state index contributed by atoms with van der Waals surface area (Å²) in [5.41, 5.74) is 4.29. The Balaban J connectivity index is 1.32. The number of carbonyl (C=O) groups excluding carboxylic acids is 2. The van der Waals surface area contributed by atoms with Crippen LogP contribution in [0.1, 0.15) is 87.1 Å². The molecule has 47 heavy (non-hydrogen) atoms. The Kier molecular flexibility index (Phi) is 8.13. The first-order valence-electron chi connectivity index (χ1n) is 15.5. The van der Waals surface area contributed by atoms with E-state index >= 15 is 0 Å². The molecule has 1 atom stereocenters. The zero-order chi connectivity index (χ0) is 32.8. The van der Waals surface area contributed by atoms with Crippen molar-refractivity contribution in [3.63, 3.8) is 0 Å². The Morgan fingerprint density at radius 1 is 0.979 bits per heavy atom. The van der Waals surface area contributed by atoms with Gasteiger partial charge in [-0.05, 0) is 73.2 Å². The maximum Gasteiger partial charge on any atom is 0.261 e. The van der Waals surface area contributed by atoms with Crippen LogP contribution in [-0.4, -0.2) is 38.4 Å². The van der Waals surface area contributed by atoms with Gasteiger partial charge in [0.05, 0.1) is 33.4 Å². The minimum absolute atomic E-state index is 0.00178. The number of carbonyl (C=O) groups is 2. The zero-order valence-electron chi connectivity index (χ0n) is 25.6. The van der Waals surface area contributed by atoms with E-state index in [0.717, 1.165) is 30.5 Å². The lowest BCUT2D eigenvalue weighted by Crippen LogP contribution is -2.23. The zero-order valence-corrected chi connectivity index (χ0v) is 26.5. The summed E-state index contributed by atoms with van der Waals surface area (Å²) in [6.07, 6.45) is 2.67. The van der Waals surface area contributed by atoms with Crippen molar-refractivity contribution in [2.24, 2.45) is 0 Å². The summed E-state index contributed by atoms with van der Waals surface area (Å²) in [6.45, 7) is 4.51. The molecular formula is C35H30F3N5O3S. The first-order chi connectivity index (χ1) is 22.7. The average molecular weight is 658 g/mol. The molecule has 12 heteroatoms. The quantitative estimate of drug-likeness (QED) is 0.177. The van der Waals surface area contributed by atoms with Gasteiger partial charge in [-0.15, -0.1) is 21.5 Å². The summed E-state index contributed by atoms with van der Waals surface area (Å²) in [5.74, 6) is -2.17. The molecule has 2 amide bonds. The van der Waals surface area contributed by atoms with Gasteiger partial charge in [0, 0.05) is 29.4 Å². The molecule has 0 saturated carbocycles. The molecule has 2 aromatic carbocycles. The van der Waals surface area contributed by atoms with Crippen LogP contribution < -0.4 is 5.32 Å². The number of rotatable bonds is 9. The Labute approximate surface area is 272 Å². The second-order valence-corrected chi connectivity index (χ2v) is 13.1. The highest BCUT2D eigenvalue weighted by atomic mass is 32.1.